The number of amidine groups is 1. The molecule has 3 rings (SSSR count). The van der Waals surface area contributed by atoms with Crippen LogP contribution in [0.15, 0.2) is 53.2 Å². The summed E-state index contributed by atoms with van der Waals surface area (Å²) in [6.07, 6.45) is 1.69. The van der Waals surface area contributed by atoms with E-state index in [1.807, 2.05) is 18.2 Å². The molecule has 2 aromatic carbocycles. The summed E-state index contributed by atoms with van der Waals surface area (Å²) in [5.74, 6) is 0.662. The Hall–Kier alpha value is -2.95. The first kappa shape index (κ1) is 16.9. The van der Waals surface area contributed by atoms with Crippen molar-refractivity contribution in [1.82, 2.24) is 5.32 Å². The third-order valence-electron chi connectivity index (χ3n) is 4.01. The molecule has 4 nitrogen and oxygen atoms in total. The van der Waals surface area contributed by atoms with Gasteiger partial charge in [0.2, 0.25) is 0 Å². The highest BCUT2D eigenvalue weighted by Gasteiger charge is 2.22. The summed E-state index contributed by atoms with van der Waals surface area (Å²) in [6, 6.07) is 11.8. The van der Waals surface area contributed by atoms with Gasteiger partial charge in [0.1, 0.15) is 23.1 Å². The first-order valence-corrected chi connectivity index (χ1v) is 8.03. The third-order valence-corrected chi connectivity index (χ3v) is 4.01. The Balaban J connectivity index is 2.01. The van der Waals surface area contributed by atoms with Gasteiger partial charge >= 0.3 is 0 Å². The number of ether oxygens (including phenoxy) is 1. The molecule has 0 aliphatic carbocycles. The number of benzene rings is 2. The van der Waals surface area contributed by atoms with E-state index in [1.54, 1.807) is 25.3 Å². The zero-order chi connectivity index (χ0) is 18.0. The van der Waals surface area contributed by atoms with Crippen molar-refractivity contribution in [2.75, 3.05) is 7.11 Å². The number of aliphatic imine (C=N–C) groups is 1. The lowest BCUT2D eigenvalue weighted by molar-refractivity contribution is -0.115. The second-order valence-electron chi connectivity index (χ2n) is 6.11. The highest BCUT2D eigenvalue weighted by atomic mass is 19.1. The van der Waals surface area contributed by atoms with E-state index in [1.165, 1.54) is 12.1 Å². The number of carbonyl (C=O) groups excluding carboxylic acids is 1. The molecule has 0 unspecified atom stereocenters. The molecule has 1 heterocycles. The van der Waals surface area contributed by atoms with Gasteiger partial charge in [-0.25, -0.2) is 9.38 Å². The Labute approximate surface area is 146 Å². The number of nitrogens with one attached hydrogen (secondary N) is 1. The van der Waals surface area contributed by atoms with E-state index < -0.39 is 0 Å². The van der Waals surface area contributed by atoms with Crippen molar-refractivity contribution in [3.05, 3.63) is 70.7 Å². The lowest BCUT2D eigenvalue weighted by Gasteiger charge is -2.10. The molecule has 25 heavy (non-hydrogen) atoms. The molecule has 0 atom stereocenters. The molecule has 0 bridgehead atoms. The van der Waals surface area contributed by atoms with E-state index in [0.717, 1.165) is 11.1 Å². The largest absolute Gasteiger partial charge is 0.496 e. The molecule has 2 aromatic rings. The molecule has 0 aromatic heterocycles. The predicted molar refractivity (Wildman–Crippen MR) is 96.1 cm³/mol. The first-order chi connectivity index (χ1) is 12.0. The van der Waals surface area contributed by atoms with E-state index in [4.69, 9.17) is 4.74 Å². The second-order valence-corrected chi connectivity index (χ2v) is 6.11. The highest BCUT2D eigenvalue weighted by molar-refractivity contribution is 6.19. The van der Waals surface area contributed by atoms with Crippen molar-refractivity contribution in [2.45, 2.75) is 19.8 Å². The van der Waals surface area contributed by atoms with E-state index in [-0.39, 0.29) is 17.4 Å². The quantitative estimate of drug-likeness (QED) is 0.860. The van der Waals surface area contributed by atoms with Crippen LogP contribution in [0.1, 0.15) is 36.5 Å². The van der Waals surface area contributed by atoms with E-state index in [9.17, 15) is 9.18 Å². The molecule has 1 N–H and O–H groups in total. The predicted octanol–water partition coefficient (Wildman–Crippen LogP) is 3.88. The normalized spacial score (nSPS) is 15.5. The monoisotopic (exact) mass is 338 g/mol. The van der Waals surface area contributed by atoms with Crippen molar-refractivity contribution in [3.63, 3.8) is 0 Å². The Morgan fingerprint density at radius 2 is 2.00 bits per heavy atom. The van der Waals surface area contributed by atoms with Crippen LogP contribution in [0.3, 0.4) is 0 Å². The number of hydrogen-bond acceptors (Lipinski definition) is 3. The van der Waals surface area contributed by atoms with Gasteiger partial charge < -0.3 is 10.1 Å². The summed E-state index contributed by atoms with van der Waals surface area (Å²) < 4.78 is 18.8. The van der Waals surface area contributed by atoms with Crippen LogP contribution in [0.5, 0.6) is 5.75 Å². The maximum atomic E-state index is 13.4. The molecule has 1 amide bonds. The zero-order valence-electron chi connectivity index (χ0n) is 14.3. The maximum Gasteiger partial charge on any atom is 0.275 e. The van der Waals surface area contributed by atoms with Gasteiger partial charge in [0, 0.05) is 11.1 Å². The van der Waals surface area contributed by atoms with Gasteiger partial charge in [0.25, 0.3) is 5.91 Å². The van der Waals surface area contributed by atoms with Crippen LogP contribution in [0, 0.1) is 5.82 Å². The van der Waals surface area contributed by atoms with Crippen molar-refractivity contribution in [3.8, 4) is 5.75 Å². The molecule has 0 saturated heterocycles. The molecule has 0 radical (unpaired) electrons. The molecule has 0 saturated carbocycles. The fraction of sp³-hybridized carbons (Fsp3) is 0.200. The van der Waals surface area contributed by atoms with Crippen molar-refractivity contribution in [1.29, 1.82) is 0 Å². The number of amides is 1. The van der Waals surface area contributed by atoms with Gasteiger partial charge in [-0.3, -0.25) is 4.79 Å². The Kier molecular flexibility index (Phi) is 4.65. The number of rotatable bonds is 4. The fourth-order valence-electron chi connectivity index (χ4n) is 2.61. The summed E-state index contributed by atoms with van der Waals surface area (Å²) in [5.41, 5.74) is 2.71. The Morgan fingerprint density at radius 1 is 1.20 bits per heavy atom. The van der Waals surface area contributed by atoms with Crippen molar-refractivity contribution >= 4 is 17.8 Å². The average Bonchev–Trinajstić information content (AvgIpc) is 2.95. The SMILES string of the molecule is COc1ccc(C(C)C)cc1/C=C1\N=C(c2cccc(F)c2)NC1=O. The minimum atomic E-state index is -0.377. The van der Waals surface area contributed by atoms with Crippen LogP contribution in [0.25, 0.3) is 6.08 Å². The molecule has 0 fully saturated rings. The summed E-state index contributed by atoms with van der Waals surface area (Å²) in [7, 11) is 1.59. The van der Waals surface area contributed by atoms with Crippen LogP contribution in [0.4, 0.5) is 4.39 Å². The standard InChI is InChI=1S/C20H19FN2O2/c1-12(2)13-7-8-18(25-3)15(9-13)11-17-20(24)23-19(22-17)14-5-4-6-16(21)10-14/h4-12H,1-3H3,(H,22,23,24)/b17-11-. The smallest absolute Gasteiger partial charge is 0.275 e. The lowest BCUT2D eigenvalue weighted by Crippen LogP contribution is -2.24. The van der Waals surface area contributed by atoms with Crippen LogP contribution < -0.4 is 10.1 Å². The van der Waals surface area contributed by atoms with Gasteiger partial charge in [-0.05, 0) is 41.8 Å². The third kappa shape index (κ3) is 3.60. The summed E-state index contributed by atoms with van der Waals surface area (Å²) in [4.78, 5) is 16.6. The van der Waals surface area contributed by atoms with E-state index >= 15 is 0 Å². The van der Waals surface area contributed by atoms with Gasteiger partial charge in [0.15, 0.2) is 0 Å². The van der Waals surface area contributed by atoms with Crippen molar-refractivity contribution < 1.29 is 13.9 Å². The van der Waals surface area contributed by atoms with Crippen LogP contribution >= 0.6 is 0 Å². The molecule has 1 aliphatic heterocycles. The van der Waals surface area contributed by atoms with Crippen LogP contribution in [0.2, 0.25) is 0 Å². The molecule has 0 spiro atoms. The number of hydrogen-bond donors (Lipinski definition) is 1. The highest BCUT2D eigenvalue weighted by Crippen LogP contribution is 2.27. The summed E-state index contributed by atoms with van der Waals surface area (Å²) in [6.45, 7) is 4.20. The fourth-order valence-corrected chi connectivity index (χ4v) is 2.61. The Morgan fingerprint density at radius 3 is 2.68 bits per heavy atom. The summed E-state index contributed by atoms with van der Waals surface area (Å²) >= 11 is 0. The average molecular weight is 338 g/mol. The lowest BCUT2D eigenvalue weighted by atomic mass is 10.00. The topological polar surface area (TPSA) is 50.7 Å². The first-order valence-electron chi connectivity index (χ1n) is 8.03. The van der Waals surface area contributed by atoms with Crippen LogP contribution in [-0.4, -0.2) is 18.9 Å². The minimum absolute atomic E-state index is 0.262. The van der Waals surface area contributed by atoms with Gasteiger partial charge in [-0.2, -0.15) is 0 Å². The second kappa shape index (κ2) is 6.89. The minimum Gasteiger partial charge on any atom is -0.496 e. The molecular formula is C20H19FN2O2. The van der Waals surface area contributed by atoms with Crippen LogP contribution in [-0.2, 0) is 4.79 Å². The van der Waals surface area contributed by atoms with Gasteiger partial charge in [0.05, 0.1) is 7.11 Å². The number of methoxy groups -OCH3 is 1. The number of halogens is 1. The molecular weight excluding hydrogens is 319 g/mol. The van der Waals surface area contributed by atoms with E-state index in [2.05, 4.69) is 24.2 Å². The number of carbonyl (C=O) groups is 1. The van der Waals surface area contributed by atoms with Gasteiger partial charge in [-0.15, -0.1) is 0 Å². The zero-order valence-corrected chi connectivity index (χ0v) is 14.3. The van der Waals surface area contributed by atoms with E-state index in [0.29, 0.717) is 23.1 Å². The van der Waals surface area contributed by atoms with Crippen molar-refractivity contribution in [2.24, 2.45) is 4.99 Å². The maximum absolute atomic E-state index is 13.4. The Bertz CT molecular complexity index is 885. The molecule has 128 valence electrons. The molecule has 1 aliphatic rings. The summed E-state index contributed by atoms with van der Waals surface area (Å²) in [5, 5.41) is 2.68. The molecule has 5 heteroatoms. The van der Waals surface area contributed by atoms with Gasteiger partial charge in [-0.1, -0.05) is 32.0 Å². The number of nitrogens with zero attached hydrogens (tertiary/aromatic N) is 1.